The number of amides is 1. The highest BCUT2D eigenvalue weighted by Gasteiger charge is 2.40. The van der Waals surface area contributed by atoms with Gasteiger partial charge in [-0.2, -0.15) is 0 Å². The van der Waals surface area contributed by atoms with Crippen LogP contribution in [-0.2, 0) is 16.1 Å². The van der Waals surface area contributed by atoms with Gasteiger partial charge in [-0.3, -0.25) is 19.6 Å². The molecule has 0 aromatic carbocycles. The number of H-pyrrole nitrogens is 1. The molecule has 2 aliphatic rings. The summed E-state index contributed by atoms with van der Waals surface area (Å²) >= 11 is 0. The van der Waals surface area contributed by atoms with Crippen LogP contribution in [0.15, 0.2) is 16.9 Å². The van der Waals surface area contributed by atoms with Crippen LogP contribution in [0.25, 0.3) is 5.65 Å². The van der Waals surface area contributed by atoms with Gasteiger partial charge in [-0.05, 0) is 51.1 Å². The summed E-state index contributed by atoms with van der Waals surface area (Å²) in [5.74, 6) is 0.286. The number of piperidine rings is 2. The van der Waals surface area contributed by atoms with Gasteiger partial charge in [0.1, 0.15) is 0 Å². The lowest BCUT2D eigenvalue weighted by atomic mass is 9.72. The zero-order valence-electron chi connectivity index (χ0n) is 17.4. The molecule has 8 nitrogen and oxygen atoms in total. The second kappa shape index (κ2) is 8.28. The minimum absolute atomic E-state index is 0.0657. The van der Waals surface area contributed by atoms with E-state index in [-0.39, 0.29) is 16.9 Å². The van der Waals surface area contributed by atoms with Gasteiger partial charge in [0, 0.05) is 57.6 Å². The molecule has 2 aromatic rings. The van der Waals surface area contributed by atoms with Gasteiger partial charge < -0.3 is 9.64 Å². The maximum atomic E-state index is 12.3. The van der Waals surface area contributed by atoms with Crippen LogP contribution in [0.2, 0.25) is 0 Å². The normalized spacial score (nSPS) is 20.1. The SMILES string of the molecule is COCCCN1CC2(CCC1=O)CCN(Cc1cc(=O)n3[nH]c(C)cc3n1)CC2. The van der Waals surface area contributed by atoms with E-state index in [0.29, 0.717) is 25.2 Å². The maximum Gasteiger partial charge on any atom is 0.272 e. The van der Waals surface area contributed by atoms with Crippen LogP contribution in [0.4, 0.5) is 0 Å². The summed E-state index contributed by atoms with van der Waals surface area (Å²) in [6.45, 7) is 6.94. The Morgan fingerprint density at radius 3 is 2.76 bits per heavy atom. The van der Waals surface area contributed by atoms with E-state index >= 15 is 0 Å². The molecule has 0 bridgehead atoms. The lowest BCUT2D eigenvalue weighted by Crippen LogP contribution is -2.51. The van der Waals surface area contributed by atoms with Gasteiger partial charge >= 0.3 is 0 Å². The molecular weight excluding hydrogens is 370 g/mol. The highest BCUT2D eigenvalue weighted by Crippen LogP contribution is 2.40. The Hall–Kier alpha value is -2.19. The van der Waals surface area contributed by atoms with Crippen LogP contribution < -0.4 is 5.56 Å². The molecule has 4 heterocycles. The molecule has 0 aliphatic carbocycles. The Morgan fingerprint density at radius 1 is 1.21 bits per heavy atom. The van der Waals surface area contributed by atoms with Gasteiger partial charge in [0.05, 0.1) is 5.69 Å². The molecule has 1 N–H and O–H groups in total. The number of carbonyl (C=O) groups excluding carboxylic acids is 1. The second-order valence-electron chi connectivity index (χ2n) is 8.66. The molecule has 2 aromatic heterocycles. The Kier molecular flexibility index (Phi) is 5.74. The molecule has 158 valence electrons. The summed E-state index contributed by atoms with van der Waals surface area (Å²) in [4.78, 5) is 33.7. The van der Waals surface area contributed by atoms with Crippen molar-refractivity contribution in [1.82, 2.24) is 24.4 Å². The summed E-state index contributed by atoms with van der Waals surface area (Å²) in [5.41, 5.74) is 2.60. The summed E-state index contributed by atoms with van der Waals surface area (Å²) in [7, 11) is 1.70. The number of likely N-dealkylation sites (tertiary alicyclic amines) is 2. The Morgan fingerprint density at radius 2 is 2.00 bits per heavy atom. The molecule has 2 aliphatic heterocycles. The standard InChI is InChI=1S/C21H31N5O3/c1-16-12-18-22-17(13-20(28)26(18)23-16)14-24-9-6-21(7-10-24)5-4-19(27)25(15-21)8-3-11-29-2/h12-13,23H,3-11,14-15H2,1-2H3. The van der Waals surface area contributed by atoms with E-state index in [1.807, 2.05) is 17.9 Å². The fraction of sp³-hybridized carbons (Fsp3) is 0.667. The summed E-state index contributed by atoms with van der Waals surface area (Å²) < 4.78 is 6.62. The van der Waals surface area contributed by atoms with Gasteiger partial charge in [0.25, 0.3) is 5.56 Å². The van der Waals surface area contributed by atoms with Crippen molar-refractivity contribution in [3.63, 3.8) is 0 Å². The quantitative estimate of drug-likeness (QED) is 0.743. The highest BCUT2D eigenvalue weighted by atomic mass is 16.5. The van der Waals surface area contributed by atoms with Gasteiger partial charge in [-0.1, -0.05) is 0 Å². The first-order valence-corrected chi connectivity index (χ1v) is 10.6. The topological polar surface area (TPSA) is 82.9 Å². The Balaban J connectivity index is 1.36. The average Bonchev–Trinajstić information content (AvgIpc) is 3.08. The number of aryl methyl sites for hydroxylation is 1. The molecule has 0 atom stereocenters. The lowest BCUT2D eigenvalue weighted by molar-refractivity contribution is -0.139. The number of hydrogen-bond acceptors (Lipinski definition) is 5. The fourth-order valence-corrected chi connectivity index (χ4v) is 4.77. The third kappa shape index (κ3) is 4.38. The van der Waals surface area contributed by atoms with Crippen LogP contribution in [0.3, 0.4) is 0 Å². The van der Waals surface area contributed by atoms with E-state index in [9.17, 15) is 9.59 Å². The van der Waals surface area contributed by atoms with E-state index in [4.69, 9.17) is 4.74 Å². The molecule has 2 fully saturated rings. The number of nitrogens with zero attached hydrogens (tertiary/aromatic N) is 4. The third-order valence-corrected chi connectivity index (χ3v) is 6.46. The van der Waals surface area contributed by atoms with E-state index in [1.165, 1.54) is 4.52 Å². The first-order chi connectivity index (χ1) is 14.0. The summed E-state index contributed by atoms with van der Waals surface area (Å²) in [5, 5.41) is 3.01. The number of methoxy groups -OCH3 is 1. The molecule has 0 radical (unpaired) electrons. The number of carbonyl (C=O) groups is 1. The van der Waals surface area contributed by atoms with E-state index in [1.54, 1.807) is 13.2 Å². The van der Waals surface area contributed by atoms with Crippen molar-refractivity contribution >= 4 is 11.6 Å². The van der Waals surface area contributed by atoms with E-state index < -0.39 is 0 Å². The highest BCUT2D eigenvalue weighted by molar-refractivity contribution is 5.77. The molecule has 1 amide bonds. The van der Waals surface area contributed by atoms with Gasteiger partial charge in [0.15, 0.2) is 5.65 Å². The second-order valence-corrected chi connectivity index (χ2v) is 8.66. The van der Waals surface area contributed by atoms with Crippen LogP contribution in [0, 0.1) is 12.3 Å². The first kappa shape index (κ1) is 20.1. The monoisotopic (exact) mass is 401 g/mol. The summed E-state index contributed by atoms with van der Waals surface area (Å²) in [6.07, 6.45) is 4.73. The molecule has 8 heteroatoms. The first-order valence-electron chi connectivity index (χ1n) is 10.6. The predicted molar refractivity (Wildman–Crippen MR) is 110 cm³/mol. The number of fused-ring (bicyclic) bond motifs is 1. The molecule has 0 unspecified atom stereocenters. The van der Waals surface area contributed by atoms with Crippen molar-refractivity contribution in [2.45, 2.75) is 45.6 Å². The van der Waals surface area contributed by atoms with Crippen molar-refractivity contribution in [2.75, 3.05) is 39.9 Å². The predicted octanol–water partition coefficient (Wildman–Crippen LogP) is 1.57. The third-order valence-electron chi connectivity index (χ3n) is 6.46. The van der Waals surface area contributed by atoms with E-state index in [0.717, 1.165) is 63.3 Å². The average molecular weight is 402 g/mol. The number of hydrogen-bond donors (Lipinski definition) is 1. The molecular formula is C21H31N5O3. The van der Waals surface area contributed by atoms with Crippen molar-refractivity contribution in [3.05, 3.63) is 33.9 Å². The zero-order valence-corrected chi connectivity index (χ0v) is 17.4. The van der Waals surface area contributed by atoms with Gasteiger partial charge in [0.2, 0.25) is 5.91 Å². The largest absolute Gasteiger partial charge is 0.385 e. The fourth-order valence-electron chi connectivity index (χ4n) is 4.77. The number of aromatic nitrogens is 3. The zero-order chi connectivity index (χ0) is 20.4. The number of rotatable bonds is 6. The van der Waals surface area contributed by atoms with Crippen LogP contribution in [-0.4, -0.2) is 70.2 Å². The minimum atomic E-state index is -0.0657. The van der Waals surface area contributed by atoms with Crippen LogP contribution >= 0.6 is 0 Å². The number of ether oxygens (including phenoxy) is 1. The van der Waals surface area contributed by atoms with E-state index in [2.05, 4.69) is 15.0 Å². The minimum Gasteiger partial charge on any atom is -0.385 e. The lowest BCUT2D eigenvalue weighted by Gasteiger charge is -2.47. The Bertz CT molecular complexity index is 926. The van der Waals surface area contributed by atoms with Crippen molar-refractivity contribution in [3.8, 4) is 0 Å². The molecule has 4 rings (SSSR count). The van der Waals surface area contributed by atoms with Gasteiger partial charge in [-0.25, -0.2) is 9.50 Å². The number of nitrogens with one attached hydrogen (secondary N) is 1. The van der Waals surface area contributed by atoms with Crippen molar-refractivity contribution < 1.29 is 9.53 Å². The molecule has 1 spiro atoms. The molecule has 2 saturated heterocycles. The smallest absolute Gasteiger partial charge is 0.272 e. The van der Waals surface area contributed by atoms with Crippen molar-refractivity contribution in [2.24, 2.45) is 5.41 Å². The Labute approximate surface area is 170 Å². The molecule has 29 heavy (non-hydrogen) atoms. The maximum absolute atomic E-state index is 12.3. The number of aromatic amines is 1. The summed E-state index contributed by atoms with van der Waals surface area (Å²) in [6, 6.07) is 3.53. The van der Waals surface area contributed by atoms with Gasteiger partial charge in [-0.15, -0.1) is 0 Å². The van der Waals surface area contributed by atoms with Crippen molar-refractivity contribution in [1.29, 1.82) is 0 Å². The van der Waals surface area contributed by atoms with Crippen LogP contribution in [0.5, 0.6) is 0 Å². The molecule has 0 saturated carbocycles. The van der Waals surface area contributed by atoms with Crippen LogP contribution in [0.1, 0.15) is 43.5 Å².